The van der Waals surface area contributed by atoms with Crippen molar-refractivity contribution >= 4 is 32.8 Å². The second-order valence-corrected chi connectivity index (χ2v) is 5.06. The predicted octanol–water partition coefficient (Wildman–Crippen LogP) is 3.28. The van der Waals surface area contributed by atoms with Crippen molar-refractivity contribution in [2.75, 3.05) is 5.73 Å². The number of H-pyrrole nitrogens is 1. The Morgan fingerprint density at radius 3 is 2.89 bits per heavy atom. The molecule has 0 amide bonds. The number of aromatic nitrogens is 3. The number of halogens is 1. The van der Waals surface area contributed by atoms with Crippen LogP contribution in [0.2, 0.25) is 0 Å². The molecule has 5 heteroatoms. The van der Waals surface area contributed by atoms with E-state index in [4.69, 9.17) is 5.73 Å². The Morgan fingerprint density at radius 1 is 1.28 bits per heavy atom. The van der Waals surface area contributed by atoms with Crippen molar-refractivity contribution in [3.8, 4) is 11.4 Å². The van der Waals surface area contributed by atoms with E-state index in [2.05, 4.69) is 30.9 Å². The van der Waals surface area contributed by atoms with Gasteiger partial charge in [-0.25, -0.2) is 9.97 Å². The van der Waals surface area contributed by atoms with Crippen molar-refractivity contribution in [3.63, 3.8) is 0 Å². The average Bonchev–Trinajstić information content (AvgIpc) is 2.75. The van der Waals surface area contributed by atoms with Crippen molar-refractivity contribution < 1.29 is 0 Å². The fraction of sp³-hybridized carbons (Fsp3) is 0.0769. The predicted molar refractivity (Wildman–Crippen MR) is 76.2 cm³/mol. The van der Waals surface area contributed by atoms with Crippen LogP contribution in [0.5, 0.6) is 0 Å². The van der Waals surface area contributed by atoms with Gasteiger partial charge >= 0.3 is 0 Å². The SMILES string of the molecule is Cc1cnc2nc(-c3ccc(Br)c(N)c3)[nH]c2c1. The number of nitrogen functional groups attached to an aromatic ring is 1. The number of nitrogens with one attached hydrogen (secondary N) is 1. The zero-order chi connectivity index (χ0) is 12.7. The fourth-order valence-electron chi connectivity index (χ4n) is 1.83. The molecule has 3 aromatic rings. The number of nitrogens with zero attached hydrogens (tertiary/aromatic N) is 2. The molecule has 0 aliphatic rings. The zero-order valence-electron chi connectivity index (χ0n) is 9.74. The van der Waals surface area contributed by atoms with Crippen LogP contribution < -0.4 is 5.73 Å². The monoisotopic (exact) mass is 302 g/mol. The minimum absolute atomic E-state index is 0.692. The van der Waals surface area contributed by atoms with Gasteiger partial charge in [0, 0.05) is 21.9 Å². The first-order valence-electron chi connectivity index (χ1n) is 5.51. The van der Waals surface area contributed by atoms with E-state index in [1.54, 1.807) is 0 Å². The summed E-state index contributed by atoms with van der Waals surface area (Å²) in [6.45, 7) is 2.00. The maximum atomic E-state index is 5.87. The van der Waals surface area contributed by atoms with Gasteiger partial charge in [0.2, 0.25) is 0 Å². The molecule has 0 saturated heterocycles. The second kappa shape index (κ2) is 4.10. The third kappa shape index (κ3) is 1.86. The lowest BCUT2D eigenvalue weighted by molar-refractivity contribution is 1.28. The van der Waals surface area contributed by atoms with Gasteiger partial charge in [0.15, 0.2) is 5.65 Å². The average molecular weight is 303 g/mol. The second-order valence-electron chi connectivity index (χ2n) is 4.21. The lowest BCUT2D eigenvalue weighted by Gasteiger charge is -2.00. The van der Waals surface area contributed by atoms with Crippen LogP contribution in [0, 0.1) is 6.92 Å². The largest absolute Gasteiger partial charge is 0.398 e. The summed E-state index contributed by atoms with van der Waals surface area (Å²) in [6.07, 6.45) is 1.81. The number of aromatic amines is 1. The van der Waals surface area contributed by atoms with Crippen LogP contribution in [0.25, 0.3) is 22.6 Å². The van der Waals surface area contributed by atoms with Crippen LogP contribution in [0.15, 0.2) is 34.9 Å². The van der Waals surface area contributed by atoms with E-state index in [9.17, 15) is 0 Å². The molecule has 3 N–H and O–H groups in total. The summed E-state index contributed by atoms with van der Waals surface area (Å²) in [5.74, 6) is 0.780. The van der Waals surface area contributed by atoms with Crippen molar-refractivity contribution in [3.05, 3.63) is 40.5 Å². The van der Waals surface area contributed by atoms with Crippen LogP contribution in [0.4, 0.5) is 5.69 Å². The summed E-state index contributed by atoms with van der Waals surface area (Å²) in [4.78, 5) is 12.0. The van der Waals surface area contributed by atoms with Gasteiger partial charge in [-0.05, 0) is 52.7 Å². The van der Waals surface area contributed by atoms with Crippen molar-refractivity contribution in [1.29, 1.82) is 0 Å². The molecule has 0 aliphatic carbocycles. The highest BCUT2D eigenvalue weighted by atomic mass is 79.9. The van der Waals surface area contributed by atoms with E-state index in [0.29, 0.717) is 5.69 Å². The van der Waals surface area contributed by atoms with E-state index < -0.39 is 0 Å². The van der Waals surface area contributed by atoms with E-state index in [1.165, 1.54) is 0 Å². The van der Waals surface area contributed by atoms with Crippen molar-refractivity contribution in [2.45, 2.75) is 6.92 Å². The maximum absolute atomic E-state index is 5.87. The molecule has 0 bridgehead atoms. The highest BCUT2D eigenvalue weighted by Gasteiger charge is 2.07. The summed E-state index contributed by atoms with van der Waals surface area (Å²) in [7, 11) is 0. The Kier molecular flexibility index (Phi) is 2.56. The van der Waals surface area contributed by atoms with Crippen LogP contribution in [-0.4, -0.2) is 15.0 Å². The smallest absolute Gasteiger partial charge is 0.178 e. The number of fused-ring (bicyclic) bond motifs is 1. The van der Waals surface area contributed by atoms with Gasteiger partial charge in [-0.1, -0.05) is 0 Å². The first kappa shape index (κ1) is 11.2. The normalized spacial score (nSPS) is 11.0. The number of nitrogens with two attached hydrogens (primary N) is 1. The highest BCUT2D eigenvalue weighted by Crippen LogP contribution is 2.26. The van der Waals surface area contributed by atoms with E-state index in [1.807, 2.05) is 37.4 Å². The zero-order valence-corrected chi connectivity index (χ0v) is 11.3. The number of anilines is 1. The van der Waals surface area contributed by atoms with Gasteiger partial charge in [0.1, 0.15) is 5.82 Å². The molecule has 18 heavy (non-hydrogen) atoms. The Bertz CT molecular complexity index is 733. The van der Waals surface area contributed by atoms with Gasteiger partial charge in [-0.2, -0.15) is 0 Å². The van der Waals surface area contributed by atoms with Gasteiger partial charge in [-0.15, -0.1) is 0 Å². The van der Waals surface area contributed by atoms with E-state index in [0.717, 1.165) is 32.6 Å². The molecule has 0 saturated carbocycles. The number of pyridine rings is 1. The van der Waals surface area contributed by atoms with E-state index in [-0.39, 0.29) is 0 Å². The van der Waals surface area contributed by atoms with Gasteiger partial charge in [0.25, 0.3) is 0 Å². The third-order valence-electron chi connectivity index (χ3n) is 2.74. The summed E-state index contributed by atoms with van der Waals surface area (Å²) in [5, 5.41) is 0. The molecular formula is C13H11BrN4. The molecule has 0 fully saturated rings. The Labute approximate surface area is 112 Å². The topological polar surface area (TPSA) is 67.6 Å². The van der Waals surface area contributed by atoms with Gasteiger partial charge in [-0.3, -0.25) is 0 Å². The standard InChI is InChI=1S/C13H11BrN4/c1-7-4-11-13(16-6-7)18-12(17-11)8-2-3-9(14)10(15)5-8/h2-6H,15H2,1H3,(H,16,17,18). The fourth-order valence-corrected chi connectivity index (χ4v) is 2.08. The van der Waals surface area contributed by atoms with Crippen molar-refractivity contribution in [2.24, 2.45) is 0 Å². The molecule has 3 rings (SSSR count). The highest BCUT2D eigenvalue weighted by molar-refractivity contribution is 9.10. The van der Waals surface area contributed by atoms with Crippen LogP contribution in [0.1, 0.15) is 5.56 Å². The molecule has 0 unspecified atom stereocenters. The number of hydrogen-bond donors (Lipinski definition) is 2. The molecule has 90 valence electrons. The first-order valence-corrected chi connectivity index (χ1v) is 6.30. The van der Waals surface area contributed by atoms with Crippen LogP contribution in [-0.2, 0) is 0 Å². The molecule has 0 spiro atoms. The summed E-state index contributed by atoms with van der Waals surface area (Å²) in [6, 6.07) is 7.79. The van der Waals surface area contributed by atoms with Crippen molar-refractivity contribution in [1.82, 2.24) is 15.0 Å². The number of hydrogen-bond acceptors (Lipinski definition) is 3. The maximum Gasteiger partial charge on any atom is 0.178 e. The number of aryl methyl sites for hydroxylation is 1. The minimum atomic E-state index is 0.692. The molecule has 1 aromatic carbocycles. The molecule has 2 aromatic heterocycles. The Hall–Kier alpha value is -1.88. The lowest BCUT2D eigenvalue weighted by Crippen LogP contribution is -1.88. The number of imidazole rings is 1. The lowest BCUT2D eigenvalue weighted by atomic mass is 10.2. The molecular weight excluding hydrogens is 292 g/mol. The van der Waals surface area contributed by atoms with Gasteiger partial charge < -0.3 is 10.7 Å². The van der Waals surface area contributed by atoms with Crippen LogP contribution >= 0.6 is 15.9 Å². The summed E-state index contributed by atoms with van der Waals surface area (Å²) in [5.41, 5.74) is 10.3. The molecule has 0 aliphatic heterocycles. The molecule has 0 atom stereocenters. The Morgan fingerprint density at radius 2 is 2.11 bits per heavy atom. The number of benzene rings is 1. The molecule has 2 heterocycles. The van der Waals surface area contributed by atoms with E-state index >= 15 is 0 Å². The summed E-state index contributed by atoms with van der Waals surface area (Å²) < 4.78 is 0.885. The molecule has 4 nitrogen and oxygen atoms in total. The quantitative estimate of drug-likeness (QED) is 0.678. The number of rotatable bonds is 1. The summed E-state index contributed by atoms with van der Waals surface area (Å²) >= 11 is 3.38. The van der Waals surface area contributed by atoms with Gasteiger partial charge in [0.05, 0.1) is 5.52 Å². The first-order chi connectivity index (χ1) is 8.63. The van der Waals surface area contributed by atoms with Crippen LogP contribution in [0.3, 0.4) is 0 Å². The Balaban J connectivity index is 2.16. The molecule has 0 radical (unpaired) electrons. The minimum Gasteiger partial charge on any atom is -0.398 e. The third-order valence-corrected chi connectivity index (χ3v) is 3.47.